The summed E-state index contributed by atoms with van der Waals surface area (Å²) in [6, 6.07) is 8.44. The Balaban J connectivity index is 1.69. The van der Waals surface area contributed by atoms with E-state index in [0.717, 1.165) is 17.7 Å². The highest BCUT2D eigenvalue weighted by Crippen LogP contribution is 2.25. The van der Waals surface area contributed by atoms with Crippen molar-refractivity contribution in [1.82, 2.24) is 15.1 Å². The minimum Gasteiger partial charge on any atom is -0.406 e. The molecule has 156 valence electrons. The summed E-state index contributed by atoms with van der Waals surface area (Å²) in [7, 11) is 0. The van der Waals surface area contributed by atoms with Gasteiger partial charge in [-0.2, -0.15) is 4.98 Å². The zero-order valence-electron chi connectivity index (χ0n) is 15.4. The van der Waals surface area contributed by atoms with E-state index in [1.54, 1.807) is 25.3 Å². The van der Waals surface area contributed by atoms with Gasteiger partial charge >= 0.3 is 6.36 Å². The molecule has 3 aromatic rings. The molecule has 0 aliphatic rings. The first-order valence-electron chi connectivity index (χ1n) is 8.35. The van der Waals surface area contributed by atoms with Gasteiger partial charge in [0.1, 0.15) is 16.7 Å². The molecule has 0 saturated heterocycles. The van der Waals surface area contributed by atoms with Crippen LogP contribution in [0.5, 0.6) is 5.75 Å². The van der Waals surface area contributed by atoms with Crippen LogP contribution in [0, 0.1) is 0 Å². The van der Waals surface area contributed by atoms with Crippen LogP contribution in [0.1, 0.15) is 18.4 Å². The second-order valence-electron chi connectivity index (χ2n) is 5.84. The lowest BCUT2D eigenvalue weighted by atomic mass is 10.2. The number of alkyl halides is 3. The molecule has 0 bridgehead atoms. The molecule has 12 heteroatoms. The van der Waals surface area contributed by atoms with Crippen LogP contribution < -0.4 is 10.5 Å². The highest BCUT2D eigenvalue weighted by Gasteiger charge is 2.31. The first-order chi connectivity index (χ1) is 14.2. The van der Waals surface area contributed by atoms with E-state index < -0.39 is 6.36 Å². The van der Waals surface area contributed by atoms with Gasteiger partial charge in [-0.25, -0.2) is 9.98 Å². The summed E-state index contributed by atoms with van der Waals surface area (Å²) in [4.78, 5) is 16.4. The maximum Gasteiger partial charge on any atom is 0.573 e. The third-order valence-corrected chi connectivity index (χ3v) is 3.76. The van der Waals surface area contributed by atoms with E-state index in [-0.39, 0.29) is 23.3 Å². The predicted molar refractivity (Wildman–Crippen MR) is 103 cm³/mol. The molecule has 0 saturated carbocycles. The standard InChI is InChI=1S/C18H14ClF3N6O2/c1-10(25-9-11-6-7-24-14(19)8-11)26-15(23)17-27-16(28-30-17)12-2-4-13(5-3-12)29-18(20,21)22/h2-8H,9H2,1H3,(H2,23,25,26). The van der Waals surface area contributed by atoms with Crippen molar-refractivity contribution < 1.29 is 22.4 Å². The largest absolute Gasteiger partial charge is 0.573 e. The van der Waals surface area contributed by atoms with E-state index >= 15 is 0 Å². The third-order valence-electron chi connectivity index (χ3n) is 3.55. The van der Waals surface area contributed by atoms with Crippen molar-refractivity contribution in [2.24, 2.45) is 15.7 Å². The summed E-state index contributed by atoms with van der Waals surface area (Å²) >= 11 is 5.82. The summed E-state index contributed by atoms with van der Waals surface area (Å²) < 4.78 is 45.5. The van der Waals surface area contributed by atoms with Gasteiger partial charge in [0.15, 0.2) is 5.84 Å². The van der Waals surface area contributed by atoms with Gasteiger partial charge < -0.3 is 15.0 Å². The van der Waals surface area contributed by atoms with Crippen LogP contribution in [0.2, 0.25) is 5.15 Å². The van der Waals surface area contributed by atoms with Crippen molar-refractivity contribution in [3.05, 3.63) is 59.2 Å². The number of nitrogens with zero attached hydrogens (tertiary/aromatic N) is 5. The first kappa shape index (κ1) is 21.2. The van der Waals surface area contributed by atoms with Crippen molar-refractivity contribution in [1.29, 1.82) is 0 Å². The smallest absolute Gasteiger partial charge is 0.406 e. The summed E-state index contributed by atoms with van der Waals surface area (Å²) in [5, 5.41) is 4.11. The number of hydrogen-bond acceptors (Lipinski definition) is 6. The number of rotatable bonds is 5. The highest BCUT2D eigenvalue weighted by atomic mass is 35.5. The van der Waals surface area contributed by atoms with E-state index in [9.17, 15) is 13.2 Å². The summed E-state index contributed by atoms with van der Waals surface area (Å²) in [5.74, 6) is 0.0249. The molecule has 0 atom stereocenters. The van der Waals surface area contributed by atoms with Gasteiger partial charge in [0, 0.05) is 11.8 Å². The number of benzene rings is 1. The second-order valence-corrected chi connectivity index (χ2v) is 6.23. The van der Waals surface area contributed by atoms with E-state index in [1.165, 1.54) is 12.1 Å². The number of aromatic nitrogens is 3. The van der Waals surface area contributed by atoms with Gasteiger partial charge in [-0.1, -0.05) is 16.8 Å². The molecule has 0 aliphatic carbocycles. The molecule has 0 spiro atoms. The molecule has 0 unspecified atom stereocenters. The fraction of sp³-hybridized carbons (Fsp3) is 0.167. The number of amidine groups is 2. The number of nitrogens with two attached hydrogens (primary N) is 1. The maximum atomic E-state index is 12.2. The summed E-state index contributed by atoms with van der Waals surface area (Å²) in [5.41, 5.74) is 7.13. The van der Waals surface area contributed by atoms with Crippen LogP contribution in [0.15, 0.2) is 57.1 Å². The minimum absolute atomic E-state index is 0.0536. The quantitative estimate of drug-likeness (QED) is 0.366. The Hall–Kier alpha value is -3.47. The molecule has 3 rings (SSSR count). The molecule has 30 heavy (non-hydrogen) atoms. The molecular weight excluding hydrogens is 425 g/mol. The van der Waals surface area contributed by atoms with Crippen LogP contribution in [0.25, 0.3) is 11.4 Å². The van der Waals surface area contributed by atoms with Crippen molar-refractivity contribution in [3.63, 3.8) is 0 Å². The van der Waals surface area contributed by atoms with Gasteiger partial charge in [-0.15, -0.1) is 13.2 Å². The van der Waals surface area contributed by atoms with Crippen molar-refractivity contribution in [2.45, 2.75) is 19.8 Å². The molecule has 2 heterocycles. The molecule has 0 radical (unpaired) electrons. The molecule has 2 N–H and O–H groups in total. The maximum absolute atomic E-state index is 12.2. The Morgan fingerprint density at radius 1 is 1.23 bits per heavy atom. The van der Waals surface area contributed by atoms with E-state index in [1.807, 2.05) is 0 Å². The lowest BCUT2D eigenvalue weighted by Gasteiger charge is -2.08. The zero-order chi connectivity index (χ0) is 21.7. The number of pyridine rings is 1. The first-order valence-corrected chi connectivity index (χ1v) is 8.73. The monoisotopic (exact) mass is 438 g/mol. The normalized spacial score (nSPS) is 12.8. The SMILES string of the molecule is CC(=NCc1ccnc(Cl)c1)N=C(N)c1nc(-c2ccc(OC(F)(F)F)cc2)no1. The molecule has 1 aromatic carbocycles. The number of ether oxygens (including phenoxy) is 1. The zero-order valence-corrected chi connectivity index (χ0v) is 16.1. The lowest BCUT2D eigenvalue weighted by Crippen LogP contribution is -2.17. The van der Waals surface area contributed by atoms with Crippen LogP contribution in [0.3, 0.4) is 0 Å². The van der Waals surface area contributed by atoms with Gasteiger partial charge in [0.05, 0.1) is 6.54 Å². The van der Waals surface area contributed by atoms with E-state index in [2.05, 4.69) is 29.8 Å². The van der Waals surface area contributed by atoms with Crippen molar-refractivity contribution in [2.75, 3.05) is 0 Å². The number of aliphatic imine (C=N–C) groups is 2. The van der Waals surface area contributed by atoms with Crippen LogP contribution in [0.4, 0.5) is 13.2 Å². The molecule has 0 fully saturated rings. The van der Waals surface area contributed by atoms with Crippen LogP contribution in [-0.2, 0) is 6.54 Å². The Labute approximate surface area is 173 Å². The van der Waals surface area contributed by atoms with E-state index in [4.69, 9.17) is 21.9 Å². The molecule has 0 aliphatic heterocycles. The van der Waals surface area contributed by atoms with E-state index in [0.29, 0.717) is 23.1 Å². The Bertz CT molecular complexity index is 1080. The van der Waals surface area contributed by atoms with Gasteiger partial charge in [0.2, 0.25) is 5.82 Å². The van der Waals surface area contributed by atoms with Crippen LogP contribution >= 0.6 is 11.6 Å². The Kier molecular flexibility index (Phi) is 6.31. The topological polar surface area (TPSA) is 112 Å². The second kappa shape index (κ2) is 8.91. The number of hydrogen-bond donors (Lipinski definition) is 1. The van der Waals surface area contributed by atoms with Gasteiger partial charge in [0.25, 0.3) is 5.89 Å². The average molecular weight is 439 g/mol. The summed E-state index contributed by atoms with van der Waals surface area (Å²) in [6.07, 6.45) is -3.20. The average Bonchev–Trinajstić information content (AvgIpc) is 3.16. The molecule has 2 aromatic heterocycles. The molecular formula is C18H14ClF3N6O2. The third kappa shape index (κ3) is 6.01. The van der Waals surface area contributed by atoms with Gasteiger partial charge in [-0.3, -0.25) is 4.99 Å². The minimum atomic E-state index is -4.77. The van der Waals surface area contributed by atoms with Crippen molar-refractivity contribution in [3.8, 4) is 17.1 Å². The molecule has 0 amide bonds. The molecule has 8 nitrogen and oxygen atoms in total. The predicted octanol–water partition coefficient (Wildman–Crippen LogP) is 4.01. The lowest BCUT2D eigenvalue weighted by molar-refractivity contribution is -0.274. The fourth-order valence-corrected chi connectivity index (χ4v) is 2.45. The Morgan fingerprint density at radius 2 is 1.97 bits per heavy atom. The Morgan fingerprint density at radius 3 is 2.63 bits per heavy atom. The van der Waals surface area contributed by atoms with Gasteiger partial charge in [-0.05, 0) is 48.9 Å². The number of halogens is 4. The van der Waals surface area contributed by atoms with Crippen molar-refractivity contribution >= 4 is 23.3 Å². The highest BCUT2D eigenvalue weighted by molar-refractivity contribution is 6.29. The summed E-state index contributed by atoms with van der Waals surface area (Å²) in [6.45, 7) is 1.97. The van der Waals surface area contributed by atoms with Crippen LogP contribution in [-0.4, -0.2) is 33.2 Å². The fourth-order valence-electron chi connectivity index (χ4n) is 2.25.